The summed E-state index contributed by atoms with van der Waals surface area (Å²) in [6.45, 7) is 0.191. The van der Waals surface area contributed by atoms with Crippen molar-refractivity contribution in [2.45, 2.75) is 44.2 Å². The lowest BCUT2D eigenvalue weighted by atomic mass is 9.83. The topological polar surface area (TPSA) is 111 Å². The number of nitrogens with zero attached hydrogens (tertiary/aromatic N) is 4. The number of benzene rings is 2. The molecule has 204 valence electrons. The van der Waals surface area contributed by atoms with E-state index in [1.807, 2.05) is 54.6 Å². The standard InChI is InChI=1S/C29H32BrN5O4/c1-33-25-24(27(38)34(2)29(33)39)35(28(30)32-25)16-18-12-14-21(15-13-18)23(20-10-6-7-11-20)26(37)31-22(17-36)19-8-4-3-5-9-19/h3-5,8-9,12-15,20,22-23,36H,6-7,10-11,16-17H2,1-2H3,(H,31,37). The number of rotatable bonds is 8. The molecule has 0 radical (unpaired) electrons. The molecule has 2 aromatic heterocycles. The molecule has 1 fully saturated rings. The first-order valence-electron chi connectivity index (χ1n) is 13.2. The van der Waals surface area contributed by atoms with Gasteiger partial charge in [0.2, 0.25) is 5.91 Å². The van der Waals surface area contributed by atoms with Crippen LogP contribution in [0.5, 0.6) is 0 Å². The Balaban J connectivity index is 1.43. The van der Waals surface area contributed by atoms with E-state index >= 15 is 0 Å². The number of halogens is 1. The van der Waals surface area contributed by atoms with Crippen LogP contribution in [0, 0.1) is 5.92 Å². The fraction of sp³-hybridized carbons (Fsp3) is 0.379. The van der Waals surface area contributed by atoms with Crippen molar-refractivity contribution in [3.8, 4) is 0 Å². The lowest BCUT2D eigenvalue weighted by molar-refractivity contribution is -0.124. The van der Waals surface area contributed by atoms with Gasteiger partial charge in [-0.2, -0.15) is 0 Å². The molecule has 10 heteroatoms. The smallest absolute Gasteiger partial charge is 0.332 e. The molecule has 1 aliphatic rings. The van der Waals surface area contributed by atoms with E-state index in [4.69, 9.17) is 0 Å². The van der Waals surface area contributed by atoms with Crippen LogP contribution >= 0.6 is 15.9 Å². The van der Waals surface area contributed by atoms with Gasteiger partial charge in [-0.25, -0.2) is 9.78 Å². The van der Waals surface area contributed by atoms with E-state index in [0.29, 0.717) is 22.4 Å². The van der Waals surface area contributed by atoms with Gasteiger partial charge in [0, 0.05) is 14.1 Å². The van der Waals surface area contributed by atoms with Gasteiger partial charge in [0.1, 0.15) is 0 Å². The number of fused-ring (bicyclic) bond motifs is 1. The second-order valence-corrected chi connectivity index (χ2v) is 11.0. The molecule has 0 aliphatic heterocycles. The zero-order valence-corrected chi connectivity index (χ0v) is 23.6. The van der Waals surface area contributed by atoms with Crippen molar-refractivity contribution in [1.29, 1.82) is 0 Å². The predicted molar refractivity (Wildman–Crippen MR) is 153 cm³/mol. The summed E-state index contributed by atoms with van der Waals surface area (Å²) in [5, 5.41) is 13.1. The molecule has 2 unspecified atom stereocenters. The molecule has 0 spiro atoms. The van der Waals surface area contributed by atoms with Crippen LogP contribution in [0.4, 0.5) is 0 Å². The monoisotopic (exact) mass is 593 g/mol. The van der Waals surface area contributed by atoms with Crippen molar-refractivity contribution < 1.29 is 9.90 Å². The number of aromatic nitrogens is 4. The normalized spacial score (nSPS) is 15.5. The number of imidazole rings is 1. The largest absolute Gasteiger partial charge is 0.394 e. The summed E-state index contributed by atoms with van der Waals surface area (Å²) >= 11 is 3.45. The first kappa shape index (κ1) is 27.1. The van der Waals surface area contributed by atoms with E-state index in [1.165, 1.54) is 11.6 Å². The van der Waals surface area contributed by atoms with Crippen LogP contribution in [0.1, 0.15) is 54.3 Å². The average molecular weight is 595 g/mol. The van der Waals surface area contributed by atoms with Crippen LogP contribution < -0.4 is 16.6 Å². The zero-order valence-electron chi connectivity index (χ0n) is 22.0. The number of amides is 1. The van der Waals surface area contributed by atoms with Gasteiger partial charge in [0.25, 0.3) is 5.56 Å². The minimum Gasteiger partial charge on any atom is -0.394 e. The van der Waals surface area contributed by atoms with Crippen LogP contribution in [0.3, 0.4) is 0 Å². The fourth-order valence-electron chi connectivity index (χ4n) is 5.69. The Morgan fingerprint density at radius 2 is 1.69 bits per heavy atom. The SMILES string of the molecule is Cn1c(=O)c2c(nc(Br)n2Cc2ccc(C(C(=O)NC(CO)c3ccccc3)C3CCCC3)cc2)n(C)c1=O. The highest BCUT2D eigenvalue weighted by Gasteiger charge is 2.33. The van der Waals surface area contributed by atoms with Crippen molar-refractivity contribution in [3.63, 3.8) is 0 Å². The molecule has 0 saturated heterocycles. The van der Waals surface area contributed by atoms with Gasteiger partial charge < -0.3 is 15.0 Å². The molecule has 1 saturated carbocycles. The Morgan fingerprint density at radius 1 is 1.03 bits per heavy atom. The number of hydrogen-bond donors (Lipinski definition) is 2. The number of carbonyl (C=O) groups excluding carboxylic acids is 1. The molecule has 9 nitrogen and oxygen atoms in total. The number of nitrogens with one attached hydrogen (secondary N) is 1. The number of carbonyl (C=O) groups is 1. The molecule has 0 bridgehead atoms. The van der Waals surface area contributed by atoms with Crippen molar-refractivity contribution in [2.75, 3.05) is 6.61 Å². The summed E-state index contributed by atoms with van der Waals surface area (Å²) < 4.78 is 4.65. The average Bonchev–Trinajstić information content (AvgIpc) is 3.59. The predicted octanol–water partition coefficient (Wildman–Crippen LogP) is 3.37. The maximum absolute atomic E-state index is 13.6. The van der Waals surface area contributed by atoms with Crippen LogP contribution in [0.25, 0.3) is 11.2 Å². The Kier molecular flexibility index (Phi) is 7.86. The van der Waals surface area contributed by atoms with E-state index in [0.717, 1.165) is 46.9 Å². The van der Waals surface area contributed by atoms with E-state index in [-0.39, 0.29) is 24.3 Å². The highest BCUT2D eigenvalue weighted by atomic mass is 79.9. The van der Waals surface area contributed by atoms with Crippen LogP contribution in [0.15, 0.2) is 68.9 Å². The summed E-state index contributed by atoms with van der Waals surface area (Å²) in [6.07, 6.45) is 4.19. The zero-order chi connectivity index (χ0) is 27.7. The van der Waals surface area contributed by atoms with Gasteiger partial charge in [-0.3, -0.25) is 18.7 Å². The van der Waals surface area contributed by atoms with Crippen molar-refractivity contribution in [2.24, 2.45) is 20.0 Å². The number of aliphatic hydroxyl groups is 1. The van der Waals surface area contributed by atoms with Gasteiger partial charge in [-0.15, -0.1) is 0 Å². The summed E-state index contributed by atoms with van der Waals surface area (Å²) in [5.41, 5.74) is 2.56. The van der Waals surface area contributed by atoms with Crippen LogP contribution in [-0.4, -0.2) is 36.3 Å². The van der Waals surface area contributed by atoms with Gasteiger partial charge >= 0.3 is 5.69 Å². The summed E-state index contributed by atoms with van der Waals surface area (Å²) in [6, 6.07) is 17.0. The first-order valence-corrected chi connectivity index (χ1v) is 14.0. The minimum atomic E-state index is -0.465. The van der Waals surface area contributed by atoms with E-state index in [9.17, 15) is 19.5 Å². The molecular weight excluding hydrogens is 562 g/mol. The molecule has 2 heterocycles. The lowest BCUT2D eigenvalue weighted by Gasteiger charge is -2.26. The van der Waals surface area contributed by atoms with Crippen molar-refractivity contribution in [3.05, 3.63) is 96.9 Å². The van der Waals surface area contributed by atoms with Crippen LogP contribution in [-0.2, 0) is 25.4 Å². The molecule has 5 rings (SSSR count). The fourth-order valence-corrected chi connectivity index (χ4v) is 6.16. The lowest BCUT2D eigenvalue weighted by Crippen LogP contribution is -2.37. The number of aliphatic hydroxyl groups excluding tert-OH is 1. The number of hydrogen-bond acceptors (Lipinski definition) is 5. The minimum absolute atomic E-state index is 0.0784. The third kappa shape index (κ3) is 5.23. The quantitative estimate of drug-likeness (QED) is 0.304. The van der Waals surface area contributed by atoms with E-state index in [1.54, 1.807) is 11.6 Å². The molecular formula is C29H32BrN5O4. The van der Waals surface area contributed by atoms with E-state index < -0.39 is 17.3 Å². The molecule has 1 amide bonds. The van der Waals surface area contributed by atoms with Gasteiger partial charge in [0.15, 0.2) is 15.9 Å². The molecule has 4 aromatic rings. The third-order valence-electron chi connectivity index (χ3n) is 7.84. The molecule has 2 atom stereocenters. The molecule has 2 aromatic carbocycles. The molecule has 2 N–H and O–H groups in total. The van der Waals surface area contributed by atoms with Crippen molar-refractivity contribution >= 4 is 33.0 Å². The Hall–Kier alpha value is -3.50. The van der Waals surface area contributed by atoms with Gasteiger partial charge in [-0.05, 0) is 51.4 Å². The summed E-state index contributed by atoms with van der Waals surface area (Å²) in [7, 11) is 3.05. The molecule has 1 aliphatic carbocycles. The maximum Gasteiger partial charge on any atom is 0.332 e. The first-order chi connectivity index (χ1) is 18.8. The Bertz CT molecular complexity index is 1600. The third-order valence-corrected chi connectivity index (χ3v) is 8.44. The van der Waals surface area contributed by atoms with Gasteiger partial charge in [-0.1, -0.05) is 67.4 Å². The highest BCUT2D eigenvalue weighted by molar-refractivity contribution is 9.10. The van der Waals surface area contributed by atoms with Gasteiger partial charge in [0.05, 0.1) is 25.1 Å². The molecule has 39 heavy (non-hydrogen) atoms. The Labute approximate surface area is 234 Å². The second-order valence-electron chi connectivity index (χ2n) is 10.3. The summed E-state index contributed by atoms with van der Waals surface area (Å²) in [5.74, 6) is -0.158. The van der Waals surface area contributed by atoms with E-state index in [2.05, 4.69) is 26.2 Å². The summed E-state index contributed by atoms with van der Waals surface area (Å²) in [4.78, 5) is 43.3. The number of aryl methyl sites for hydroxylation is 1. The highest BCUT2D eigenvalue weighted by Crippen LogP contribution is 2.38. The second kappa shape index (κ2) is 11.3. The maximum atomic E-state index is 13.6. The Morgan fingerprint density at radius 3 is 2.33 bits per heavy atom. The van der Waals surface area contributed by atoms with Crippen LogP contribution in [0.2, 0.25) is 0 Å². The van der Waals surface area contributed by atoms with Crippen molar-refractivity contribution in [1.82, 2.24) is 24.0 Å².